The molecule has 0 unspecified atom stereocenters. The van der Waals surface area contributed by atoms with Gasteiger partial charge in [0.15, 0.2) is 11.5 Å². The first kappa shape index (κ1) is 25.5. The average Bonchev–Trinajstić information content (AvgIpc) is 2.82. The molecule has 0 amide bonds. The second kappa shape index (κ2) is 9.84. The van der Waals surface area contributed by atoms with E-state index in [1.54, 1.807) is 31.3 Å². The Bertz CT molecular complexity index is 1360. The zero-order valence-corrected chi connectivity index (χ0v) is 21.9. The Morgan fingerprint density at radius 1 is 1.17 bits per heavy atom. The van der Waals surface area contributed by atoms with Crippen LogP contribution in [0.4, 0.5) is 11.5 Å². The van der Waals surface area contributed by atoms with E-state index in [1.807, 2.05) is 0 Å². The molecule has 0 saturated carbocycles. The number of nitriles is 1. The molecule has 1 fully saturated rings. The summed E-state index contributed by atoms with van der Waals surface area (Å²) in [6.45, 7) is 7.78. The van der Waals surface area contributed by atoms with E-state index in [2.05, 4.69) is 34.8 Å². The SMILES string of the molecule is COc1cc(N)c(C(=N)c2cnc(N3CC(C)(C)C3)c(C#N)c2)cc1O[C@H](C)c1c(Cl)cncc1Cl. The number of nitrogens with two attached hydrogens (primary N) is 1. The number of nitrogen functional groups attached to an aromatic ring is 1. The van der Waals surface area contributed by atoms with Gasteiger partial charge in [-0.25, -0.2) is 4.98 Å². The number of hydrogen-bond acceptors (Lipinski definition) is 8. The Morgan fingerprint density at radius 2 is 1.83 bits per heavy atom. The van der Waals surface area contributed by atoms with Crippen LogP contribution in [-0.4, -0.2) is 35.9 Å². The van der Waals surface area contributed by atoms with Crippen LogP contribution in [0.15, 0.2) is 36.8 Å². The summed E-state index contributed by atoms with van der Waals surface area (Å²) in [4.78, 5) is 10.6. The molecule has 0 spiro atoms. The number of hydrogen-bond donors (Lipinski definition) is 2. The number of halogens is 2. The van der Waals surface area contributed by atoms with Crippen LogP contribution in [0, 0.1) is 22.2 Å². The first-order valence-corrected chi connectivity index (χ1v) is 12.0. The number of nitrogens with one attached hydrogen (secondary N) is 1. The summed E-state index contributed by atoms with van der Waals surface area (Å²) in [6, 6.07) is 7.10. The molecular formula is C26H26Cl2N6O2. The Morgan fingerprint density at radius 3 is 2.42 bits per heavy atom. The lowest BCUT2D eigenvalue weighted by molar-refractivity contribution is 0.216. The fraction of sp³-hybridized carbons (Fsp3) is 0.308. The van der Waals surface area contributed by atoms with Gasteiger partial charge in [-0.2, -0.15) is 5.26 Å². The molecule has 3 heterocycles. The number of anilines is 2. The van der Waals surface area contributed by atoms with Gasteiger partial charge in [-0.05, 0) is 24.5 Å². The highest BCUT2D eigenvalue weighted by Crippen LogP contribution is 2.39. The van der Waals surface area contributed by atoms with Gasteiger partial charge in [0.1, 0.15) is 18.0 Å². The molecule has 0 aliphatic carbocycles. The van der Waals surface area contributed by atoms with E-state index in [0.29, 0.717) is 55.3 Å². The Hall–Kier alpha value is -3.54. The van der Waals surface area contributed by atoms with E-state index in [-0.39, 0.29) is 11.1 Å². The maximum absolute atomic E-state index is 9.74. The predicted molar refractivity (Wildman–Crippen MR) is 142 cm³/mol. The highest BCUT2D eigenvalue weighted by atomic mass is 35.5. The molecule has 3 aromatic rings. The number of rotatable bonds is 7. The summed E-state index contributed by atoms with van der Waals surface area (Å²) in [5, 5.41) is 19.3. The van der Waals surface area contributed by atoms with Crippen LogP contribution in [0.5, 0.6) is 11.5 Å². The number of aromatic nitrogens is 2. The number of benzene rings is 1. The van der Waals surface area contributed by atoms with E-state index < -0.39 is 6.10 Å². The number of pyridine rings is 2. The summed E-state index contributed by atoms with van der Waals surface area (Å²) in [7, 11) is 1.50. The molecule has 0 bridgehead atoms. The molecule has 8 nitrogen and oxygen atoms in total. The minimum absolute atomic E-state index is 0.104. The molecule has 186 valence electrons. The molecule has 1 saturated heterocycles. The van der Waals surface area contributed by atoms with Crippen LogP contribution in [0.25, 0.3) is 0 Å². The number of ether oxygens (including phenoxy) is 2. The highest BCUT2D eigenvalue weighted by molar-refractivity contribution is 6.35. The van der Waals surface area contributed by atoms with E-state index in [0.717, 1.165) is 13.1 Å². The van der Waals surface area contributed by atoms with Crippen molar-refractivity contribution in [3.8, 4) is 17.6 Å². The minimum atomic E-state index is -0.542. The molecule has 3 N–H and O–H groups in total. The van der Waals surface area contributed by atoms with Crippen molar-refractivity contribution in [1.29, 1.82) is 10.7 Å². The molecular weight excluding hydrogens is 499 g/mol. The molecule has 0 radical (unpaired) electrons. The fourth-order valence-corrected chi connectivity index (χ4v) is 5.00. The third-order valence-corrected chi connectivity index (χ3v) is 6.62. The maximum atomic E-state index is 9.74. The minimum Gasteiger partial charge on any atom is -0.493 e. The third kappa shape index (κ3) is 4.90. The van der Waals surface area contributed by atoms with Crippen molar-refractivity contribution < 1.29 is 9.47 Å². The van der Waals surface area contributed by atoms with Crippen molar-refractivity contribution in [2.75, 3.05) is 30.8 Å². The summed E-state index contributed by atoms with van der Waals surface area (Å²) in [5.74, 6) is 1.37. The van der Waals surface area contributed by atoms with Gasteiger partial charge in [-0.3, -0.25) is 10.4 Å². The molecule has 4 rings (SSSR count). The summed E-state index contributed by atoms with van der Waals surface area (Å²) < 4.78 is 11.6. The summed E-state index contributed by atoms with van der Waals surface area (Å²) >= 11 is 12.6. The molecule has 1 aliphatic rings. The second-order valence-electron chi connectivity index (χ2n) is 9.47. The standard InChI is InChI=1S/C26H26Cl2N6O2/c1-14(23-18(27)10-32-11-19(23)28)36-22-6-17(20(30)7-21(22)35-4)24(31)16-5-15(8-29)25(33-9-16)34-12-26(2,3)13-34/h5-7,9-11,14,31H,12-13,30H2,1-4H3/t14-/m1/s1. The van der Waals surface area contributed by atoms with Gasteiger partial charge in [0.05, 0.1) is 28.4 Å². The number of methoxy groups -OCH3 is 1. The molecule has 1 aromatic carbocycles. The van der Waals surface area contributed by atoms with Crippen molar-refractivity contribution in [1.82, 2.24) is 9.97 Å². The first-order valence-electron chi connectivity index (χ1n) is 11.2. The monoisotopic (exact) mass is 524 g/mol. The van der Waals surface area contributed by atoms with Crippen LogP contribution in [0.1, 0.15) is 49.1 Å². The topological polar surface area (TPSA) is 121 Å². The summed E-state index contributed by atoms with van der Waals surface area (Å²) in [6.07, 6.45) is 4.04. The van der Waals surface area contributed by atoms with Crippen LogP contribution in [-0.2, 0) is 0 Å². The lowest BCUT2D eigenvalue weighted by atomic mass is 9.84. The maximum Gasteiger partial charge on any atom is 0.162 e. The van der Waals surface area contributed by atoms with Gasteiger partial charge < -0.3 is 20.1 Å². The van der Waals surface area contributed by atoms with Crippen molar-refractivity contribution in [3.05, 3.63) is 69.1 Å². The Kier molecular flexibility index (Phi) is 6.98. The van der Waals surface area contributed by atoms with Crippen LogP contribution >= 0.6 is 23.2 Å². The quantitative estimate of drug-likeness (QED) is 0.302. The molecule has 2 aromatic heterocycles. The van der Waals surface area contributed by atoms with Crippen molar-refractivity contribution in [2.45, 2.75) is 26.9 Å². The average molecular weight is 525 g/mol. The van der Waals surface area contributed by atoms with Crippen LogP contribution < -0.4 is 20.1 Å². The molecule has 1 atom stereocenters. The Labute approximate surface area is 220 Å². The zero-order valence-electron chi connectivity index (χ0n) is 20.4. The van der Waals surface area contributed by atoms with Gasteiger partial charge in [0.25, 0.3) is 0 Å². The largest absolute Gasteiger partial charge is 0.493 e. The third-order valence-electron chi connectivity index (χ3n) is 6.02. The fourth-order valence-electron chi connectivity index (χ4n) is 4.32. The van der Waals surface area contributed by atoms with E-state index in [9.17, 15) is 5.26 Å². The van der Waals surface area contributed by atoms with E-state index in [1.165, 1.54) is 19.5 Å². The predicted octanol–water partition coefficient (Wildman–Crippen LogP) is 5.65. The first-order chi connectivity index (χ1) is 17.0. The van der Waals surface area contributed by atoms with Gasteiger partial charge >= 0.3 is 0 Å². The normalized spacial score (nSPS) is 15.0. The molecule has 10 heteroatoms. The highest BCUT2D eigenvalue weighted by Gasteiger charge is 2.36. The second-order valence-corrected chi connectivity index (χ2v) is 10.3. The van der Waals surface area contributed by atoms with E-state index >= 15 is 0 Å². The van der Waals surface area contributed by atoms with Crippen molar-refractivity contribution in [3.63, 3.8) is 0 Å². The smallest absolute Gasteiger partial charge is 0.162 e. The summed E-state index contributed by atoms with van der Waals surface area (Å²) in [5.41, 5.74) is 8.76. The molecule has 36 heavy (non-hydrogen) atoms. The van der Waals surface area contributed by atoms with Crippen LogP contribution in [0.2, 0.25) is 10.0 Å². The lowest BCUT2D eigenvalue weighted by Gasteiger charge is -2.46. The molecule has 1 aliphatic heterocycles. The lowest BCUT2D eigenvalue weighted by Crippen LogP contribution is -2.53. The van der Waals surface area contributed by atoms with E-state index in [4.69, 9.17) is 43.8 Å². The number of nitrogens with zero attached hydrogens (tertiary/aromatic N) is 4. The van der Waals surface area contributed by atoms with Crippen LogP contribution in [0.3, 0.4) is 0 Å². The van der Waals surface area contributed by atoms with Crippen molar-refractivity contribution >= 4 is 40.4 Å². The van der Waals surface area contributed by atoms with Crippen molar-refractivity contribution in [2.24, 2.45) is 5.41 Å². The van der Waals surface area contributed by atoms with Gasteiger partial charge in [-0.1, -0.05) is 37.0 Å². The zero-order chi connectivity index (χ0) is 26.2. The van der Waals surface area contributed by atoms with Gasteiger partial charge in [-0.15, -0.1) is 0 Å². The van der Waals surface area contributed by atoms with Gasteiger partial charge in [0, 0.05) is 60.1 Å². The Balaban J connectivity index is 1.66. The van der Waals surface area contributed by atoms with Gasteiger partial charge in [0.2, 0.25) is 0 Å².